The van der Waals surface area contributed by atoms with Crippen LogP contribution < -0.4 is 10.6 Å². The van der Waals surface area contributed by atoms with E-state index < -0.39 is 0 Å². The van der Waals surface area contributed by atoms with Gasteiger partial charge in [-0.15, -0.1) is 0 Å². The summed E-state index contributed by atoms with van der Waals surface area (Å²) in [4.78, 5) is 18.1. The van der Waals surface area contributed by atoms with Crippen LogP contribution in [0.4, 0.5) is 5.82 Å². The van der Waals surface area contributed by atoms with Gasteiger partial charge >= 0.3 is 0 Å². The number of hydrogen-bond acceptors (Lipinski definition) is 4. The Morgan fingerprint density at radius 3 is 2.65 bits per heavy atom. The van der Waals surface area contributed by atoms with Crippen molar-refractivity contribution < 1.29 is 4.79 Å². The summed E-state index contributed by atoms with van der Waals surface area (Å²) >= 11 is 0. The normalized spacial score (nSPS) is 10.6. The number of amides is 1. The summed E-state index contributed by atoms with van der Waals surface area (Å²) in [5.74, 6) is 0.978. The molecule has 0 atom stereocenters. The molecule has 0 aliphatic carbocycles. The first-order valence-corrected chi connectivity index (χ1v) is 7.37. The Balaban J connectivity index is 2.50. The van der Waals surface area contributed by atoms with E-state index in [1.165, 1.54) is 0 Å². The molecule has 1 heterocycles. The average Bonchev–Trinajstić information content (AvgIpc) is 2.46. The predicted octanol–water partition coefficient (Wildman–Crippen LogP) is 1.86. The maximum Gasteiger partial charge on any atom is 0.234 e. The fourth-order valence-corrected chi connectivity index (χ4v) is 1.87. The highest BCUT2D eigenvalue weighted by Crippen LogP contribution is 2.07. The number of pyridine rings is 1. The zero-order valence-electron chi connectivity index (χ0n) is 12.8. The number of aromatic nitrogens is 1. The summed E-state index contributed by atoms with van der Waals surface area (Å²) < 4.78 is 0. The fraction of sp³-hybridized carbons (Fsp3) is 0.600. The lowest BCUT2D eigenvalue weighted by atomic mass is 10.2. The van der Waals surface area contributed by atoms with Crippen LogP contribution in [0.15, 0.2) is 18.3 Å². The quantitative estimate of drug-likeness (QED) is 0.724. The Bertz CT molecular complexity index is 391. The third-order valence-corrected chi connectivity index (χ3v) is 2.98. The molecule has 1 aromatic rings. The van der Waals surface area contributed by atoms with Crippen LogP contribution in [0.3, 0.4) is 0 Å². The van der Waals surface area contributed by atoms with Crippen molar-refractivity contribution in [1.82, 2.24) is 15.2 Å². The molecule has 112 valence electrons. The van der Waals surface area contributed by atoms with E-state index in [4.69, 9.17) is 0 Å². The molecule has 0 fully saturated rings. The van der Waals surface area contributed by atoms with E-state index in [-0.39, 0.29) is 5.91 Å². The number of nitrogens with zero attached hydrogens (tertiary/aromatic N) is 2. The minimum absolute atomic E-state index is 0.0727. The lowest BCUT2D eigenvalue weighted by molar-refractivity contribution is -0.122. The zero-order chi connectivity index (χ0) is 14.8. The first-order chi connectivity index (χ1) is 9.69. The molecular formula is C15H26N4O. The van der Waals surface area contributed by atoms with Crippen molar-refractivity contribution in [3.8, 4) is 0 Å². The number of likely N-dealkylation sites (N-methyl/N-ethyl adjacent to an activating group) is 2. The van der Waals surface area contributed by atoms with E-state index in [1.54, 1.807) is 0 Å². The largest absolute Gasteiger partial charge is 0.370 e. The molecule has 1 aromatic heterocycles. The minimum atomic E-state index is 0.0727. The first kappa shape index (κ1) is 16.4. The van der Waals surface area contributed by atoms with E-state index in [9.17, 15) is 4.79 Å². The molecule has 0 saturated heterocycles. The van der Waals surface area contributed by atoms with Crippen molar-refractivity contribution in [2.75, 3.05) is 31.5 Å². The molecule has 5 nitrogen and oxygen atoms in total. The lowest BCUT2D eigenvalue weighted by Crippen LogP contribution is -2.36. The lowest BCUT2D eigenvalue weighted by Gasteiger charge is -2.19. The number of nitrogens with one attached hydrogen (secondary N) is 2. The van der Waals surface area contributed by atoms with Crippen LogP contribution in [0, 0.1) is 0 Å². The van der Waals surface area contributed by atoms with Gasteiger partial charge in [0.1, 0.15) is 5.82 Å². The summed E-state index contributed by atoms with van der Waals surface area (Å²) in [6.45, 7) is 9.74. The maximum atomic E-state index is 11.6. The summed E-state index contributed by atoms with van der Waals surface area (Å²) in [6.07, 6.45) is 2.96. The van der Waals surface area contributed by atoms with Gasteiger partial charge in [-0.25, -0.2) is 4.98 Å². The van der Waals surface area contributed by atoms with Gasteiger partial charge in [-0.05, 0) is 31.5 Å². The molecule has 0 radical (unpaired) electrons. The van der Waals surface area contributed by atoms with Gasteiger partial charge in [-0.3, -0.25) is 9.69 Å². The SMILES string of the molecule is CCCNc1ccc(CN(CC)CC(=O)NCC)cn1. The molecule has 0 unspecified atom stereocenters. The van der Waals surface area contributed by atoms with Crippen molar-refractivity contribution in [1.29, 1.82) is 0 Å². The highest BCUT2D eigenvalue weighted by Gasteiger charge is 2.09. The van der Waals surface area contributed by atoms with Crippen LogP contribution in [0.2, 0.25) is 0 Å². The zero-order valence-corrected chi connectivity index (χ0v) is 12.8. The monoisotopic (exact) mass is 278 g/mol. The van der Waals surface area contributed by atoms with Crippen molar-refractivity contribution in [2.45, 2.75) is 33.7 Å². The number of carbonyl (C=O) groups excluding carboxylic acids is 1. The number of anilines is 1. The summed E-state index contributed by atoms with van der Waals surface area (Å²) in [5.41, 5.74) is 1.12. The molecular weight excluding hydrogens is 252 g/mol. The van der Waals surface area contributed by atoms with Gasteiger partial charge in [0.25, 0.3) is 0 Å². The number of rotatable bonds is 9. The van der Waals surface area contributed by atoms with E-state index in [2.05, 4.69) is 40.4 Å². The summed E-state index contributed by atoms with van der Waals surface area (Å²) in [6, 6.07) is 4.05. The Labute approximate surface area is 121 Å². The van der Waals surface area contributed by atoms with E-state index in [0.717, 1.165) is 37.4 Å². The van der Waals surface area contributed by atoms with E-state index >= 15 is 0 Å². The molecule has 1 amide bonds. The molecule has 5 heteroatoms. The molecule has 0 bridgehead atoms. The topological polar surface area (TPSA) is 57.3 Å². The fourth-order valence-electron chi connectivity index (χ4n) is 1.87. The van der Waals surface area contributed by atoms with Gasteiger partial charge < -0.3 is 10.6 Å². The van der Waals surface area contributed by atoms with Crippen LogP contribution in [0.5, 0.6) is 0 Å². The third kappa shape index (κ3) is 6.02. The van der Waals surface area contributed by atoms with E-state index in [1.807, 2.05) is 19.2 Å². The van der Waals surface area contributed by atoms with Gasteiger partial charge in [-0.2, -0.15) is 0 Å². The molecule has 0 spiro atoms. The van der Waals surface area contributed by atoms with Crippen LogP contribution >= 0.6 is 0 Å². The molecule has 0 saturated carbocycles. The predicted molar refractivity (Wildman–Crippen MR) is 82.7 cm³/mol. The molecule has 2 N–H and O–H groups in total. The van der Waals surface area contributed by atoms with Gasteiger partial charge in [0.15, 0.2) is 0 Å². The Morgan fingerprint density at radius 1 is 1.30 bits per heavy atom. The highest BCUT2D eigenvalue weighted by molar-refractivity contribution is 5.77. The van der Waals surface area contributed by atoms with Gasteiger partial charge in [0.05, 0.1) is 6.54 Å². The summed E-state index contributed by atoms with van der Waals surface area (Å²) in [5, 5.41) is 6.07. The second-order valence-electron chi connectivity index (χ2n) is 4.74. The average molecular weight is 278 g/mol. The second-order valence-corrected chi connectivity index (χ2v) is 4.74. The van der Waals surface area contributed by atoms with Crippen LogP contribution in [0.1, 0.15) is 32.8 Å². The van der Waals surface area contributed by atoms with Crippen LogP contribution in [-0.4, -0.2) is 42.0 Å². The molecule has 20 heavy (non-hydrogen) atoms. The molecule has 1 rings (SSSR count). The Kier molecular flexibility index (Phi) is 7.65. The molecule has 0 aromatic carbocycles. The van der Waals surface area contributed by atoms with E-state index in [0.29, 0.717) is 13.1 Å². The van der Waals surface area contributed by atoms with Crippen LogP contribution in [-0.2, 0) is 11.3 Å². The minimum Gasteiger partial charge on any atom is -0.370 e. The highest BCUT2D eigenvalue weighted by atomic mass is 16.2. The smallest absolute Gasteiger partial charge is 0.234 e. The Morgan fingerprint density at radius 2 is 2.10 bits per heavy atom. The van der Waals surface area contributed by atoms with Gasteiger partial charge in [0.2, 0.25) is 5.91 Å². The van der Waals surface area contributed by atoms with Crippen molar-refractivity contribution in [3.63, 3.8) is 0 Å². The van der Waals surface area contributed by atoms with Gasteiger partial charge in [0, 0.05) is 25.8 Å². The number of carbonyl (C=O) groups is 1. The molecule has 0 aliphatic heterocycles. The first-order valence-electron chi connectivity index (χ1n) is 7.37. The standard InChI is InChI=1S/C15H26N4O/c1-4-9-17-14-8-7-13(10-18-14)11-19(6-3)12-15(20)16-5-2/h7-8,10H,4-6,9,11-12H2,1-3H3,(H,16,20)(H,17,18). The van der Waals surface area contributed by atoms with Gasteiger partial charge in [-0.1, -0.05) is 19.9 Å². The maximum absolute atomic E-state index is 11.6. The number of hydrogen-bond donors (Lipinski definition) is 2. The molecule has 0 aliphatic rings. The van der Waals surface area contributed by atoms with Crippen molar-refractivity contribution >= 4 is 11.7 Å². The van der Waals surface area contributed by atoms with Crippen molar-refractivity contribution in [2.24, 2.45) is 0 Å². The second kappa shape index (κ2) is 9.31. The summed E-state index contributed by atoms with van der Waals surface area (Å²) in [7, 11) is 0. The van der Waals surface area contributed by atoms with Crippen molar-refractivity contribution in [3.05, 3.63) is 23.9 Å². The van der Waals surface area contributed by atoms with Crippen LogP contribution in [0.25, 0.3) is 0 Å². The Hall–Kier alpha value is -1.62. The third-order valence-electron chi connectivity index (χ3n) is 2.98.